The summed E-state index contributed by atoms with van der Waals surface area (Å²) in [6, 6.07) is 1.32. The van der Waals surface area contributed by atoms with Gasteiger partial charge in [0.1, 0.15) is 11.6 Å². The third kappa shape index (κ3) is 1.54. The lowest BCUT2D eigenvalue weighted by Crippen LogP contribution is -2.43. The Labute approximate surface area is 98.6 Å². The van der Waals surface area contributed by atoms with E-state index >= 15 is 0 Å². The molecular weight excluding hydrogens is 232 g/mol. The van der Waals surface area contributed by atoms with Gasteiger partial charge >= 0.3 is 0 Å². The zero-order valence-electron chi connectivity index (χ0n) is 9.12. The summed E-state index contributed by atoms with van der Waals surface area (Å²) in [5.74, 6) is -1.14. The first-order chi connectivity index (χ1) is 7.52. The van der Waals surface area contributed by atoms with Crippen LogP contribution in [0.2, 0.25) is 5.02 Å². The average molecular weight is 246 g/mol. The molecule has 88 valence electrons. The summed E-state index contributed by atoms with van der Waals surface area (Å²) in [4.78, 5) is 0. The van der Waals surface area contributed by atoms with E-state index in [9.17, 15) is 8.78 Å². The molecule has 1 aromatic rings. The normalized spacial score (nSPS) is 18.3. The molecule has 2 N–H and O–H groups in total. The molecule has 0 aliphatic heterocycles. The van der Waals surface area contributed by atoms with Crippen molar-refractivity contribution >= 4 is 11.6 Å². The van der Waals surface area contributed by atoms with E-state index in [2.05, 4.69) is 0 Å². The summed E-state index contributed by atoms with van der Waals surface area (Å²) in [5, 5.41) is -0.0198. The van der Waals surface area contributed by atoms with Crippen molar-refractivity contribution in [1.29, 1.82) is 0 Å². The van der Waals surface area contributed by atoms with E-state index in [0.29, 0.717) is 5.56 Å². The molecule has 16 heavy (non-hydrogen) atoms. The maximum absolute atomic E-state index is 14.0. The molecule has 0 heterocycles. The van der Waals surface area contributed by atoms with E-state index < -0.39 is 17.0 Å². The van der Waals surface area contributed by atoms with Crippen LogP contribution in [0.4, 0.5) is 8.78 Å². The summed E-state index contributed by atoms with van der Waals surface area (Å²) in [6.07, 6.45) is 2.43. The van der Waals surface area contributed by atoms with Gasteiger partial charge in [0.25, 0.3) is 0 Å². The summed E-state index contributed by atoms with van der Waals surface area (Å²) in [5.41, 5.74) is 5.59. The molecule has 0 spiro atoms. The molecule has 0 amide bonds. The monoisotopic (exact) mass is 245 g/mol. The first-order valence-corrected chi connectivity index (χ1v) is 5.74. The first-order valence-electron chi connectivity index (χ1n) is 5.36. The minimum atomic E-state index is -0.644. The topological polar surface area (TPSA) is 26.0 Å². The van der Waals surface area contributed by atoms with Gasteiger partial charge in [0.2, 0.25) is 0 Å². The Morgan fingerprint density at radius 2 is 2.00 bits per heavy atom. The Morgan fingerprint density at radius 3 is 2.44 bits per heavy atom. The van der Waals surface area contributed by atoms with Gasteiger partial charge in [0.05, 0.1) is 5.02 Å². The van der Waals surface area contributed by atoms with Gasteiger partial charge < -0.3 is 5.73 Å². The van der Waals surface area contributed by atoms with Gasteiger partial charge in [-0.3, -0.25) is 0 Å². The molecule has 0 unspecified atom stereocenters. The second-order valence-electron chi connectivity index (χ2n) is 4.52. The Hall–Kier alpha value is -0.670. The van der Waals surface area contributed by atoms with Gasteiger partial charge in [-0.1, -0.05) is 18.0 Å². The van der Waals surface area contributed by atoms with Crippen LogP contribution in [0.15, 0.2) is 6.07 Å². The lowest BCUT2D eigenvalue weighted by atomic mass is 9.64. The van der Waals surface area contributed by atoms with Gasteiger partial charge in [-0.15, -0.1) is 0 Å². The number of rotatable bonds is 2. The van der Waals surface area contributed by atoms with Crippen LogP contribution in [0.1, 0.15) is 30.4 Å². The second-order valence-corrected chi connectivity index (χ2v) is 4.92. The van der Waals surface area contributed by atoms with Gasteiger partial charge in [0, 0.05) is 17.5 Å². The number of benzene rings is 1. The van der Waals surface area contributed by atoms with E-state index in [1.165, 1.54) is 6.07 Å². The summed E-state index contributed by atoms with van der Waals surface area (Å²) < 4.78 is 27.9. The van der Waals surface area contributed by atoms with Crippen molar-refractivity contribution in [2.45, 2.75) is 31.6 Å². The van der Waals surface area contributed by atoms with Crippen molar-refractivity contribution in [1.82, 2.24) is 0 Å². The number of hydrogen-bond acceptors (Lipinski definition) is 1. The van der Waals surface area contributed by atoms with Crippen molar-refractivity contribution in [2.24, 2.45) is 5.73 Å². The third-order valence-corrected chi connectivity index (χ3v) is 3.84. The number of hydrogen-bond donors (Lipinski definition) is 1. The largest absolute Gasteiger partial charge is 0.330 e. The highest BCUT2D eigenvalue weighted by atomic mass is 35.5. The van der Waals surface area contributed by atoms with Crippen LogP contribution in [0.25, 0.3) is 0 Å². The molecule has 1 aliphatic carbocycles. The van der Waals surface area contributed by atoms with Crippen LogP contribution in [0.5, 0.6) is 0 Å². The Balaban J connectivity index is 2.63. The van der Waals surface area contributed by atoms with Crippen LogP contribution in [0.3, 0.4) is 0 Å². The smallest absolute Gasteiger partial charge is 0.148 e. The molecule has 0 saturated heterocycles. The first kappa shape index (κ1) is 11.8. The van der Waals surface area contributed by atoms with Crippen molar-refractivity contribution < 1.29 is 8.78 Å². The SMILES string of the molecule is Cc1cc(Cl)c(F)c(C2(CN)CCC2)c1F. The fourth-order valence-electron chi connectivity index (χ4n) is 2.36. The third-order valence-electron chi connectivity index (χ3n) is 3.57. The molecule has 0 radical (unpaired) electrons. The molecule has 2 rings (SSSR count). The fraction of sp³-hybridized carbons (Fsp3) is 0.500. The quantitative estimate of drug-likeness (QED) is 0.795. The van der Waals surface area contributed by atoms with E-state index in [1.54, 1.807) is 6.92 Å². The lowest BCUT2D eigenvalue weighted by Gasteiger charge is -2.42. The van der Waals surface area contributed by atoms with Gasteiger partial charge in [-0.05, 0) is 31.4 Å². The van der Waals surface area contributed by atoms with Gasteiger partial charge in [-0.25, -0.2) is 8.78 Å². The Morgan fingerprint density at radius 1 is 1.38 bits per heavy atom. The van der Waals surface area contributed by atoms with Crippen molar-refractivity contribution in [3.8, 4) is 0 Å². The Bertz CT molecular complexity index is 396. The average Bonchev–Trinajstić information content (AvgIpc) is 2.19. The molecule has 1 fully saturated rings. The van der Waals surface area contributed by atoms with E-state index in [-0.39, 0.29) is 17.1 Å². The molecule has 1 nitrogen and oxygen atoms in total. The summed E-state index contributed by atoms with van der Waals surface area (Å²) in [7, 11) is 0. The van der Waals surface area contributed by atoms with Crippen LogP contribution in [-0.2, 0) is 5.41 Å². The highest BCUT2D eigenvalue weighted by Crippen LogP contribution is 2.46. The van der Waals surface area contributed by atoms with Crippen LogP contribution in [-0.4, -0.2) is 6.54 Å². The summed E-state index contributed by atoms with van der Waals surface area (Å²) >= 11 is 5.75. The number of halogens is 3. The molecule has 1 aliphatic rings. The number of nitrogens with two attached hydrogens (primary N) is 1. The summed E-state index contributed by atoms with van der Waals surface area (Å²) in [6.45, 7) is 1.85. The minimum Gasteiger partial charge on any atom is -0.330 e. The Kier molecular flexibility index (Phi) is 2.93. The molecule has 0 atom stereocenters. The van der Waals surface area contributed by atoms with Crippen LogP contribution in [0, 0.1) is 18.6 Å². The zero-order chi connectivity index (χ0) is 11.9. The van der Waals surface area contributed by atoms with E-state index in [1.807, 2.05) is 0 Å². The lowest BCUT2D eigenvalue weighted by molar-refractivity contribution is 0.235. The fourth-order valence-corrected chi connectivity index (χ4v) is 2.61. The van der Waals surface area contributed by atoms with Gasteiger partial charge in [0.15, 0.2) is 0 Å². The molecule has 1 aromatic carbocycles. The minimum absolute atomic E-state index is 0.0198. The van der Waals surface area contributed by atoms with Crippen LogP contribution < -0.4 is 5.73 Å². The predicted molar refractivity (Wildman–Crippen MR) is 60.7 cm³/mol. The van der Waals surface area contributed by atoms with Crippen LogP contribution >= 0.6 is 11.6 Å². The molecule has 0 aromatic heterocycles. The molecule has 4 heteroatoms. The van der Waals surface area contributed by atoms with Crippen molar-refractivity contribution in [3.63, 3.8) is 0 Å². The van der Waals surface area contributed by atoms with Crippen molar-refractivity contribution in [2.75, 3.05) is 6.54 Å². The van der Waals surface area contributed by atoms with E-state index in [0.717, 1.165) is 19.3 Å². The standard InChI is InChI=1S/C12H14ClF2N/c1-7-5-8(13)11(15)9(10(7)14)12(6-16)3-2-4-12/h5H,2-4,6,16H2,1H3. The van der Waals surface area contributed by atoms with Crippen molar-refractivity contribution in [3.05, 3.63) is 33.9 Å². The molecule has 1 saturated carbocycles. The maximum atomic E-state index is 14.0. The number of aryl methyl sites for hydroxylation is 1. The zero-order valence-corrected chi connectivity index (χ0v) is 9.87. The predicted octanol–water partition coefficient (Wildman–Crippen LogP) is 3.31. The maximum Gasteiger partial charge on any atom is 0.148 e. The van der Waals surface area contributed by atoms with Gasteiger partial charge in [-0.2, -0.15) is 0 Å². The highest BCUT2D eigenvalue weighted by molar-refractivity contribution is 6.30. The second kappa shape index (κ2) is 3.97. The van der Waals surface area contributed by atoms with E-state index in [4.69, 9.17) is 17.3 Å². The molecule has 0 bridgehead atoms. The highest BCUT2D eigenvalue weighted by Gasteiger charge is 2.42. The molecular formula is C12H14ClF2N.